The molecule has 0 spiro atoms. The van der Waals surface area contributed by atoms with Gasteiger partial charge in [-0.1, -0.05) is 12.1 Å². The highest BCUT2D eigenvalue weighted by Gasteiger charge is 2.24. The van der Waals surface area contributed by atoms with Crippen molar-refractivity contribution >= 4 is 16.6 Å². The van der Waals surface area contributed by atoms with E-state index in [0.717, 1.165) is 35.0 Å². The Morgan fingerprint density at radius 1 is 1.25 bits per heavy atom. The highest BCUT2D eigenvalue weighted by Crippen LogP contribution is 2.38. The average Bonchev–Trinajstić information content (AvgIpc) is 3.06. The molecule has 3 aromatic rings. The number of hydrogen-bond acceptors (Lipinski definition) is 3. The van der Waals surface area contributed by atoms with Gasteiger partial charge < -0.3 is 10.4 Å². The zero-order valence-corrected chi connectivity index (χ0v) is 10.9. The molecule has 1 unspecified atom stereocenters. The number of phenols is 1. The third-order valence-corrected chi connectivity index (χ3v) is 4.03. The fourth-order valence-corrected chi connectivity index (χ4v) is 3.02. The molecule has 1 aliphatic carbocycles. The van der Waals surface area contributed by atoms with Gasteiger partial charge in [-0.05, 0) is 48.2 Å². The van der Waals surface area contributed by atoms with E-state index in [1.807, 2.05) is 18.3 Å². The summed E-state index contributed by atoms with van der Waals surface area (Å²) in [7, 11) is 0. The van der Waals surface area contributed by atoms with Crippen LogP contribution in [0.4, 0.5) is 5.69 Å². The maximum absolute atomic E-state index is 9.89. The number of nitrogens with one attached hydrogen (secondary N) is 2. The number of benzene rings is 2. The Morgan fingerprint density at radius 3 is 3.15 bits per heavy atom. The standard InChI is InChI=1S/C16H15N3O/c20-16-3-1-2-12-13(16)5-7-15(12)18-11-4-6-14-10(8-11)9-17-19-14/h1-4,6,8-9,15,18,20H,5,7H2,(H,17,19). The average molecular weight is 265 g/mol. The highest BCUT2D eigenvalue weighted by atomic mass is 16.3. The molecule has 0 radical (unpaired) electrons. The number of fused-ring (bicyclic) bond motifs is 2. The smallest absolute Gasteiger partial charge is 0.119 e. The van der Waals surface area contributed by atoms with Gasteiger partial charge in [0, 0.05) is 11.1 Å². The first-order valence-electron chi connectivity index (χ1n) is 6.82. The van der Waals surface area contributed by atoms with Crippen LogP contribution in [-0.4, -0.2) is 15.3 Å². The molecule has 0 aliphatic heterocycles. The summed E-state index contributed by atoms with van der Waals surface area (Å²) in [5, 5.41) is 21.5. The molecule has 100 valence electrons. The molecular weight excluding hydrogens is 250 g/mol. The minimum atomic E-state index is 0.265. The number of H-pyrrole nitrogens is 1. The number of aromatic hydroxyl groups is 1. The van der Waals surface area contributed by atoms with Crippen molar-refractivity contribution in [3.8, 4) is 5.75 Å². The van der Waals surface area contributed by atoms with Crippen molar-refractivity contribution in [2.45, 2.75) is 18.9 Å². The van der Waals surface area contributed by atoms with Crippen LogP contribution >= 0.6 is 0 Å². The summed E-state index contributed by atoms with van der Waals surface area (Å²) < 4.78 is 0. The van der Waals surface area contributed by atoms with Crippen LogP contribution in [0.2, 0.25) is 0 Å². The van der Waals surface area contributed by atoms with Crippen LogP contribution < -0.4 is 5.32 Å². The Morgan fingerprint density at radius 2 is 2.20 bits per heavy atom. The van der Waals surface area contributed by atoms with Crippen molar-refractivity contribution in [1.29, 1.82) is 0 Å². The maximum Gasteiger partial charge on any atom is 0.119 e. The lowest BCUT2D eigenvalue weighted by molar-refractivity contribution is 0.469. The first kappa shape index (κ1) is 11.3. The number of aromatic nitrogens is 2. The summed E-state index contributed by atoms with van der Waals surface area (Å²) in [6.07, 6.45) is 3.76. The lowest BCUT2D eigenvalue weighted by Gasteiger charge is -2.15. The Bertz CT molecular complexity index is 778. The fourth-order valence-electron chi connectivity index (χ4n) is 3.02. The van der Waals surface area contributed by atoms with Crippen molar-refractivity contribution < 1.29 is 5.11 Å². The summed E-state index contributed by atoms with van der Waals surface area (Å²) in [4.78, 5) is 0. The summed E-state index contributed by atoms with van der Waals surface area (Å²) in [6, 6.07) is 12.2. The van der Waals surface area contributed by atoms with E-state index in [1.165, 1.54) is 5.56 Å². The van der Waals surface area contributed by atoms with Crippen molar-refractivity contribution in [3.63, 3.8) is 0 Å². The van der Waals surface area contributed by atoms with Crippen molar-refractivity contribution in [2.24, 2.45) is 0 Å². The van der Waals surface area contributed by atoms with E-state index in [2.05, 4.69) is 33.7 Å². The summed E-state index contributed by atoms with van der Waals surface area (Å²) in [5.41, 5.74) is 4.41. The van der Waals surface area contributed by atoms with Gasteiger partial charge in [-0.15, -0.1) is 0 Å². The lowest BCUT2D eigenvalue weighted by atomic mass is 10.1. The number of rotatable bonds is 2. The molecule has 1 aliphatic rings. The number of aromatic amines is 1. The lowest BCUT2D eigenvalue weighted by Crippen LogP contribution is -2.06. The third-order valence-electron chi connectivity index (χ3n) is 4.03. The molecular formula is C16H15N3O. The minimum absolute atomic E-state index is 0.265. The third kappa shape index (κ3) is 1.72. The van der Waals surface area contributed by atoms with Gasteiger partial charge in [0.15, 0.2) is 0 Å². The zero-order valence-electron chi connectivity index (χ0n) is 10.9. The first-order chi connectivity index (χ1) is 9.81. The summed E-state index contributed by atoms with van der Waals surface area (Å²) >= 11 is 0. The predicted octanol–water partition coefficient (Wildman–Crippen LogP) is 3.37. The summed E-state index contributed by atoms with van der Waals surface area (Å²) in [6.45, 7) is 0. The van der Waals surface area contributed by atoms with Crippen LogP contribution in [0, 0.1) is 0 Å². The molecule has 20 heavy (non-hydrogen) atoms. The van der Waals surface area contributed by atoms with Crippen LogP contribution in [0.3, 0.4) is 0 Å². The van der Waals surface area contributed by atoms with Crippen LogP contribution in [0.15, 0.2) is 42.6 Å². The van der Waals surface area contributed by atoms with Crippen LogP contribution in [-0.2, 0) is 6.42 Å². The number of hydrogen-bond donors (Lipinski definition) is 3. The number of nitrogens with zero attached hydrogens (tertiary/aromatic N) is 1. The van der Waals surface area contributed by atoms with Crippen LogP contribution in [0.25, 0.3) is 10.9 Å². The minimum Gasteiger partial charge on any atom is -0.508 e. The quantitative estimate of drug-likeness (QED) is 0.665. The molecule has 3 N–H and O–H groups in total. The van der Waals surface area contributed by atoms with Gasteiger partial charge in [0.25, 0.3) is 0 Å². The van der Waals surface area contributed by atoms with Gasteiger partial charge in [0.2, 0.25) is 0 Å². The molecule has 0 saturated carbocycles. The maximum atomic E-state index is 9.89. The van der Waals surface area contributed by atoms with Gasteiger partial charge in [-0.25, -0.2) is 0 Å². The fraction of sp³-hybridized carbons (Fsp3) is 0.188. The van der Waals surface area contributed by atoms with Crippen LogP contribution in [0.5, 0.6) is 5.75 Å². The van der Waals surface area contributed by atoms with Gasteiger partial charge in [0.1, 0.15) is 5.75 Å². The van der Waals surface area contributed by atoms with Gasteiger partial charge in [0.05, 0.1) is 17.8 Å². The Balaban J connectivity index is 1.66. The van der Waals surface area contributed by atoms with E-state index in [1.54, 1.807) is 6.07 Å². The molecule has 0 amide bonds. The molecule has 1 heterocycles. The van der Waals surface area contributed by atoms with Gasteiger partial charge in [-0.3, -0.25) is 5.10 Å². The monoisotopic (exact) mass is 265 g/mol. The van der Waals surface area contributed by atoms with Gasteiger partial charge in [-0.2, -0.15) is 5.10 Å². The summed E-state index contributed by atoms with van der Waals surface area (Å²) in [5.74, 6) is 0.414. The molecule has 2 aromatic carbocycles. The first-order valence-corrected chi connectivity index (χ1v) is 6.82. The molecule has 0 saturated heterocycles. The topological polar surface area (TPSA) is 60.9 Å². The molecule has 1 atom stereocenters. The second-order valence-electron chi connectivity index (χ2n) is 5.25. The van der Waals surface area contributed by atoms with E-state index < -0.39 is 0 Å². The molecule has 4 rings (SSSR count). The van der Waals surface area contributed by atoms with Crippen LogP contribution in [0.1, 0.15) is 23.6 Å². The van der Waals surface area contributed by atoms with Crippen molar-refractivity contribution in [3.05, 3.63) is 53.7 Å². The second-order valence-corrected chi connectivity index (χ2v) is 5.25. The van der Waals surface area contributed by atoms with E-state index in [9.17, 15) is 5.11 Å². The van der Waals surface area contributed by atoms with E-state index in [-0.39, 0.29) is 6.04 Å². The normalized spacial score (nSPS) is 17.3. The van der Waals surface area contributed by atoms with Crippen molar-refractivity contribution in [1.82, 2.24) is 10.2 Å². The molecule has 0 bridgehead atoms. The highest BCUT2D eigenvalue weighted by molar-refractivity contribution is 5.81. The van der Waals surface area contributed by atoms with E-state index >= 15 is 0 Å². The molecule has 4 heteroatoms. The number of anilines is 1. The van der Waals surface area contributed by atoms with Gasteiger partial charge >= 0.3 is 0 Å². The van der Waals surface area contributed by atoms with E-state index in [0.29, 0.717) is 5.75 Å². The largest absolute Gasteiger partial charge is 0.508 e. The second kappa shape index (κ2) is 4.27. The number of phenolic OH excluding ortho intramolecular Hbond substituents is 1. The molecule has 0 fully saturated rings. The SMILES string of the molecule is Oc1cccc2c1CCC2Nc1ccc2[nH]ncc2c1. The predicted molar refractivity (Wildman–Crippen MR) is 78.9 cm³/mol. The molecule has 1 aromatic heterocycles. The molecule has 4 nitrogen and oxygen atoms in total. The Hall–Kier alpha value is -2.49. The van der Waals surface area contributed by atoms with Crippen molar-refractivity contribution in [2.75, 3.05) is 5.32 Å². The van der Waals surface area contributed by atoms with E-state index in [4.69, 9.17) is 0 Å². The Kier molecular flexibility index (Phi) is 2.42. The Labute approximate surface area is 116 Å². The zero-order chi connectivity index (χ0) is 13.5.